The minimum atomic E-state index is 0.143. The van der Waals surface area contributed by atoms with E-state index in [-0.39, 0.29) is 17.9 Å². The Morgan fingerprint density at radius 2 is 1.89 bits per heavy atom. The van der Waals surface area contributed by atoms with E-state index in [4.69, 9.17) is 0 Å². The Morgan fingerprint density at radius 1 is 1.26 bits per heavy atom. The van der Waals surface area contributed by atoms with E-state index in [1.54, 1.807) is 0 Å². The molecule has 104 valence electrons. The van der Waals surface area contributed by atoms with Crippen molar-refractivity contribution in [3.05, 3.63) is 35.9 Å². The molecule has 1 aromatic rings. The molecule has 0 radical (unpaired) electrons. The molecule has 0 spiro atoms. The highest BCUT2D eigenvalue weighted by atomic mass is 16.2. The first-order valence-electron chi connectivity index (χ1n) is 7.32. The third-order valence-electron chi connectivity index (χ3n) is 4.13. The third kappa shape index (κ3) is 3.35. The first-order valence-corrected chi connectivity index (χ1v) is 7.32. The first kappa shape index (κ1) is 14.1. The number of amides is 1. The van der Waals surface area contributed by atoms with Crippen LogP contribution in [0.1, 0.15) is 38.3 Å². The number of carbonyl (C=O) groups is 1. The lowest BCUT2D eigenvalue weighted by Gasteiger charge is -2.32. The Kier molecular flexibility index (Phi) is 4.97. The summed E-state index contributed by atoms with van der Waals surface area (Å²) in [7, 11) is 0. The SMILES string of the molecule is CCC(CC)C(NC(=O)C1CNC1)c1ccccc1. The molecular formula is C16H24N2O. The van der Waals surface area contributed by atoms with E-state index in [9.17, 15) is 4.79 Å². The molecule has 1 atom stereocenters. The van der Waals surface area contributed by atoms with Crippen LogP contribution >= 0.6 is 0 Å². The normalized spacial score (nSPS) is 17.0. The lowest BCUT2D eigenvalue weighted by molar-refractivity contribution is -0.127. The van der Waals surface area contributed by atoms with Crippen molar-refractivity contribution in [2.24, 2.45) is 11.8 Å². The fourth-order valence-electron chi connectivity index (χ4n) is 2.64. The van der Waals surface area contributed by atoms with E-state index in [1.165, 1.54) is 5.56 Å². The molecule has 1 saturated heterocycles. The molecule has 2 rings (SSSR count). The van der Waals surface area contributed by atoms with Crippen LogP contribution in [0.25, 0.3) is 0 Å². The maximum atomic E-state index is 12.2. The van der Waals surface area contributed by atoms with Crippen LogP contribution < -0.4 is 10.6 Å². The van der Waals surface area contributed by atoms with Gasteiger partial charge in [0, 0.05) is 13.1 Å². The molecule has 1 aliphatic heterocycles. The zero-order valence-corrected chi connectivity index (χ0v) is 11.9. The fraction of sp³-hybridized carbons (Fsp3) is 0.562. The van der Waals surface area contributed by atoms with Gasteiger partial charge in [0.15, 0.2) is 0 Å². The summed E-state index contributed by atoms with van der Waals surface area (Å²) >= 11 is 0. The highest BCUT2D eigenvalue weighted by Crippen LogP contribution is 2.27. The molecular weight excluding hydrogens is 236 g/mol. The van der Waals surface area contributed by atoms with Crippen LogP contribution in [-0.2, 0) is 4.79 Å². The second-order valence-corrected chi connectivity index (χ2v) is 5.33. The van der Waals surface area contributed by atoms with Gasteiger partial charge in [0.25, 0.3) is 0 Å². The molecule has 2 N–H and O–H groups in total. The van der Waals surface area contributed by atoms with Crippen molar-refractivity contribution in [3.63, 3.8) is 0 Å². The van der Waals surface area contributed by atoms with Gasteiger partial charge in [0.1, 0.15) is 0 Å². The zero-order valence-electron chi connectivity index (χ0n) is 11.9. The van der Waals surface area contributed by atoms with Crippen LogP contribution in [0.4, 0.5) is 0 Å². The lowest BCUT2D eigenvalue weighted by Crippen LogP contribution is -2.52. The molecule has 1 aromatic carbocycles. The van der Waals surface area contributed by atoms with Gasteiger partial charge >= 0.3 is 0 Å². The van der Waals surface area contributed by atoms with Gasteiger partial charge in [-0.15, -0.1) is 0 Å². The van der Waals surface area contributed by atoms with Gasteiger partial charge in [-0.25, -0.2) is 0 Å². The largest absolute Gasteiger partial charge is 0.349 e. The average molecular weight is 260 g/mol. The Hall–Kier alpha value is -1.35. The molecule has 0 saturated carbocycles. The molecule has 0 aliphatic carbocycles. The smallest absolute Gasteiger partial charge is 0.226 e. The van der Waals surface area contributed by atoms with E-state index in [2.05, 4.69) is 36.6 Å². The van der Waals surface area contributed by atoms with Gasteiger partial charge < -0.3 is 10.6 Å². The standard InChI is InChI=1S/C16H24N2O/c1-3-12(4-2)15(13-8-6-5-7-9-13)18-16(19)14-10-17-11-14/h5-9,12,14-15,17H,3-4,10-11H2,1-2H3,(H,18,19). The molecule has 3 heteroatoms. The Morgan fingerprint density at radius 3 is 2.37 bits per heavy atom. The van der Waals surface area contributed by atoms with E-state index in [0.29, 0.717) is 5.92 Å². The van der Waals surface area contributed by atoms with Gasteiger partial charge in [-0.05, 0) is 11.5 Å². The fourth-order valence-corrected chi connectivity index (χ4v) is 2.64. The molecule has 1 fully saturated rings. The summed E-state index contributed by atoms with van der Waals surface area (Å²) in [6, 6.07) is 10.5. The highest BCUT2D eigenvalue weighted by molar-refractivity contribution is 5.80. The van der Waals surface area contributed by atoms with Crippen LogP contribution in [-0.4, -0.2) is 19.0 Å². The summed E-state index contributed by atoms with van der Waals surface area (Å²) in [5, 5.41) is 6.41. The molecule has 1 heterocycles. The number of hydrogen-bond acceptors (Lipinski definition) is 2. The Labute approximate surface area is 115 Å². The predicted molar refractivity (Wildman–Crippen MR) is 77.8 cm³/mol. The Balaban J connectivity index is 2.11. The van der Waals surface area contributed by atoms with Crippen molar-refractivity contribution >= 4 is 5.91 Å². The van der Waals surface area contributed by atoms with Crippen molar-refractivity contribution in [2.45, 2.75) is 32.7 Å². The van der Waals surface area contributed by atoms with E-state index >= 15 is 0 Å². The third-order valence-corrected chi connectivity index (χ3v) is 4.13. The zero-order chi connectivity index (χ0) is 13.7. The van der Waals surface area contributed by atoms with E-state index < -0.39 is 0 Å². The summed E-state index contributed by atoms with van der Waals surface area (Å²) in [6.45, 7) is 6.02. The molecule has 1 amide bonds. The predicted octanol–water partition coefficient (Wildman–Crippen LogP) is 2.50. The van der Waals surface area contributed by atoms with Crippen LogP contribution in [0, 0.1) is 11.8 Å². The average Bonchev–Trinajstić information content (AvgIpc) is 2.38. The summed E-state index contributed by atoms with van der Waals surface area (Å²) < 4.78 is 0. The minimum Gasteiger partial charge on any atom is -0.349 e. The van der Waals surface area contributed by atoms with Crippen molar-refractivity contribution in [1.29, 1.82) is 0 Å². The molecule has 0 bridgehead atoms. The number of nitrogens with one attached hydrogen (secondary N) is 2. The molecule has 0 aromatic heterocycles. The summed E-state index contributed by atoms with van der Waals surface area (Å²) in [5.41, 5.74) is 1.22. The second-order valence-electron chi connectivity index (χ2n) is 5.33. The van der Waals surface area contributed by atoms with Crippen molar-refractivity contribution in [1.82, 2.24) is 10.6 Å². The Bertz CT molecular complexity index is 396. The number of benzene rings is 1. The van der Waals surface area contributed by atoms with Gasteiger partial charge in [0.2, 0.25) is 5.91 Å². The minimum absolute atomic E-state index is 0.143. The first-order chi connectivity index (χ1) is 9.26. The van der Waals surface area contributed by atoms with Crippen molar-refractivity contribution in [3.8, 4) is 0 Å². The maximum Gasteiger partial charge on any atom is 0.226 e. The van der Waals surface area contributed by atoms with E-state index in [1.807, 2.05) is 18.2 Å². The van der Waals surface area contributed by atoms with Gasteiger partial charge in [0.05, 0.1) is 12.0 Å². The van der Waals surface area contributed by atoms with E-state index in [0.717, 1.165) is 25.9 Å². The summed E-state index contributed by atoms with van der Waals surface area (Å²) in [6.07, 6.45) is 2.17. The second kappa shape index (κ2) is 6.71. The molecule has 19 heavy (non-hydrogen) atoms. The highest BCUT2D eigenvalue weighted by Gasteiger charge is 2.29. The van der Waals surface area contributed by atoms with Crippen LogP contribution in [0.2, 0.25) is 0 Å². The van der Waals surface area contributed by atoms with Gasteiger partial charge in [-0.3, -0.25) is 4.79 Å². The monoisotopic (exact) mass is 260 g/mol. The van der Waals surface area contributed by atoms with Gasteiger partial charge in [-0.1, -0.05) is 57.0 Å². The number of hydrogen-bond donors (Lipinski definition) is 2. The summed E-state index contributed by atoms with van der Waals surface area (Å²) in [4.78, 5) is 12.2. The van der Waals surface area contributed by atoms with Gasteiger partial charge in [-0.2, -0.15) is 0 Å². The summed E-state index contributed by atoms with van der Waals surface area (Å²) in [5.74, 6) is 0.847. The van der Waals surface area contributed by atoms with Crippen LogP contribution in [0.15, 0.2) is 30.3 Å². The maximum absolute atomic E-state index is 12.2. The van der Waals surface area contributed by atoms with Crippen LogP contribution in [0.3, 0.4) is 0 Å². The van der Waals surface area contributed by atoms with Crippen molar-refractivity contribution < 1.29 is 4.79 Å². The molecule has 1 unspecified atom stereocenters. The quantitative estimate of drug-likeness (QED) is 0.825. The lowest BCUT2D eigenvalue weighted by atomic mass is 9.88. The molecule has 3 nitrogen and oxygen atoms in total. The van der Waals surface area contributed by atoms with Crippen molar-refractivity contribution in [2.75, 3.05) is 13.1 Å². The topological polar surface area (TPSA) is 41.1 Å². The number of rotatable bonds is 6. The van der Waals surface area contributed by atoms with Crippen LogP contribution in [0.5, 0.6) is 0 Å². The molecule has 1 aliphatic rings. The number of carbonyl (C=O) groups excluding carboxylic acids is 1.